The quantitative estimate of drug-likeness (QED) is 0.881. The molecule has 0 spiro atoms. The molecule has 0 bridgehead atoms. The molecule has 1 amide bonds. The molecule has 1 aromatic rings. The summed E-state index contributed by atoms with van der Waals surface area (Å²) in [7, 11) is 1.68. The summed E-state index contributed by atoms with van der Waals surface area (Å²) in [5.41, 5.74) is 0.544. The SMILES string of the molecule is COC1CC(NC(=O)c2ccc(C(=O)O)cc2)C1(C)C. The van der Waals surface area contributed by atoms with Gasteiger partial charge in [-0.15, -0.1) is 0 Å². The minimum Gasteiger partial charge on any atom is -0.478 e. The van der Waals surface area contributed by atoms with Gasteiger partial charge in [0.2, 0.25) is 0 Å². The molecule has 1 fully saturated rings. The second-order valence-corrected chi connectivity index (χ2v) is 5.69. The Balaban J connectivity index is 2.01. The van der Waals surface area contributed by atoms with Gasteiger partial charge in [-0.05, 0) is 30.7 Å². The van der Waals surface area contributed by atoms with Gasteiger partial charge in [0, 0.05) is 24.1 Å². The van der Waals surface area contributed by atoms with E-state index in [4.69, 9.17) is 9.84 Å². The Kier molecular flexibility index (Phi) is 3.81. The average Bonchev–Trinajstić information content (AvgIpc) is 2.42. The standard InChI is InChI=1S/C15H19NO4/c1-15(2)11(8-12(15)20-3)16-13(17)9-4-6-10(7-5-9)14(18)19/h4-7,11-12H,8H2,1-3H3,(H,16,17)(H,18,19). The first-order chi connectivity index (χ1) is 9.36. The number of rotatable bonds is 4. The lowest BCUT2D eigenvalue weighted by Gasteiger charge is -2.51. The Hall–Kier alpha value is -1.88. The van der Waals surface area contributed by atoms with E-state index < -0.39 is 5.97 Å². The highest BCUT2D eigenvalue weighted by Gasteiger charge is 2.49. The zero-order chi connectivity index (χ0) is 14.9. The fraction of sp³-hybridized carbons (Fsp3) is 0.467. The Morgan fingerprint density at radius 3 is 2.25 bits per heavy atom. The topological polar surface area (TPSA) is 75.6 Å². The van der Waals surface area contributed by atoms with Crippen molar-refractivity contribution in [2.45, 2.75) is 32.4 Å². The number of hydrogen-bond donors (Lipinski definition) is 2. The highest BCUT2D eigenvalue weighted by Crippen LogP contribution is 2.42. The monoisotopic (exact) mass is 277 g/mol. The van der Waals surface area contributed by atoms with E-state index in [-0.39, 0.29) is 29.0 Å². The highest BCUT2D eigenvalue weighted by atomic mass is 16.5. The van der Waals surface area contributed by atoms with Gasteiger partial charge in [0.05, 0.1) is 11.7 Å². The Bertz CT molecular complexity index is 521. The van der Waals surface area contributed by atoms with Crippen molar-refractivity contribution in [3.05, 3.63) is 35.4 Å². The van der Waals surface area contributed by atoms with E-state index in [0.717, 1.165) is 6.42 Å². The van der Waals surface area contributed by atoms with Crippen LogP contribution in [0.1, 0.15) is 41.0 Å². The predicted octanol–water partition coefficient (Wildman–Crippen LogP) is 1.93. The zero-order valence-electron chi connectivity index (χ0n) is 11.8. The van der Waals surface area contributed by atoms with Crippen LogP contribution >= 0.6 is 0 Å². The molecule has 0 radical (unpaired) electrons. The summed E-state index contributed by atoms with van der Waals surface area (Å²) in [5, 5.41) is 11.8. The number of carboxylic acid groups (broad SMARTS) is 1. The number of carbonyl (C=O) groups is 2. The summed E-state index contributed by atoms with van der Waals surface area (Å²) in [5.74, 6) is -1.19. The summed E-state index contributed by atoms with van der Waals surface area (Å²) >= 11 is 0. The Labute approximate surface area is 117 Å². The summed E-state index contributed by atoms with van der Waals surface area (Å²) < 4.78 is 5.34. The summed E-state index contributed by atoms with van der Waals surface area (Å²) in [6, 6.07) is 5.98. The van der Waals surface area contributed by atoms with Crippen LogP contribution in [0.4, 0.5) is 0 Å². The van der Waals surface area contributed by atoms with Gasteiger partial charge < -0.3 is 15.2 Å². The first-order valence-electron chi connectivity index (χ1n) is 6.53. The van der Waals surface area contributed by atoms with Gasteiger partial charge in [-0.2, -0.15) is 0 Å². The number of amides is 1. The van der Waals surface area contributed by atoms with Crippen LogP contribution < -0.4 is 5.32 Å². The van der Waals surface area contributed by atoms with Gasteiger partial charge in [-0.1, -0.05) is 13.8 Å². The zero-order valence-corrected chi connectivity index (χ0v) is 11.8. The second kappa shape index (κ2) is 5.25. The van der Waals surface area contributed by atoms with Crippen LogP contribution in [-0.4, -0.2) is 36.2 Å². The van der Waals surface area contributed by atoms with Crippen molar-refractivity contribution in [3.8, 4) is 0 Å². The van der Waals surface area contributed by atoms with Crippen LogP contribution in [0.5, 0.6) is 0 Å². The van der Waals surface area contributed by atoms with Gasteiger partial charge in [-0.3, -0.25) is 4.79 Å². The number of hydrogen-bond acceptors (Lipinski definition) is 3. The van der Waals surface area contributed by atoms with Crippen LogP contribution in [-0.2, 0) is 4.74 Å². The van der Waals surface area contributed by atoms with E-state index in [9.17, 15) is 9.59 Å². The van der Waals surface area contributed by atoms with E-state index >= 15 is 0 Å². The molecule has 2 atom stereocenters. The maximum atomic E-state index is 12.1. The molecule has 2 rings (SSSR count). The van der Waals surface area contributed by atoms with Gasteiger partial charge in [0.1, 0.15) is 0 Å². The molecular weight excluding hydrogens is 258 g/mol. The van der Waals surface area contributed by atoms with Gasteiger partial charge >= 0.3 is 5.97 Å². The number of carbonyl (C=O) groups excluding carboxylic acids is 1. The first kappa shape index (κ1) is 14.5. The van der Waals surface area contributed by atoms with E-state index in [0.29, 0.717) is 5.56 Å². The maximum absolute atomic E-state index is 12.1. The van der Waals surface area contributed by atoms with Crippen LogP contribution in [0.2, 0.25) is 0 Å². The lowest BCUT2D eigenvalue weighted by Crippen LogP contribution is -2.61. The van der Waals surface area contributed by atoms with Crippen LogP contribution in [0, 0.1) is 5.41 Å². The molecule has 5 nitrogen and oxygen atoms in total. The van der Waals surface area contributed by atoms with Crippen molar-refractivity contribution in [1.82, 2.24) is 5.32 Å². The third-order valence-electron chi connectivity index (χ3n) is 4.16. The van der Waals surface area contributed by atoms with E-state index in [1.807, 2.05) is 0 Å². The molecule has 20 heavy (non-hydrogen) atoms. The predicted molar refractivity (Wildman–Crippen MR) is 73.9 cm³/mol. The Morgan fingerprint density at radius 2 is 1.80 bits per heavy atom. The molecule has 2 N–H and O–H groups in total. The molecule has 0 heterocycles. The summed E-state index contributed by atoms with van der Waals surface area (Å²) in [6.07, 6.45) is 0.949. The number of nitrogens with one attached hydrogen (secondary N) is 1. The van der Waals surface area contributed by atoms with Crippen molar-refractivity contribution >= 4 is 11.9 Å². The van der Waals surface area contributed by atoms with Gasteiger partial charge in [0.25, 0.3) is 5.91 Å². The van der Waals surface area contributed by atoms with Gasteiger partial charge in [0.15, 0.2) is 0 Å². The first-order valence-corrected chi connectivity index (χ1v) is 6.53. The molecule has 1 aliphatic carbocycles. The van der Waals surface area contributed by atoms with E-state index in [1.54, 1.807) is 7.11 Å². The number of ether oxygens (including phenoxy) is 1. The molecule has 0 aliphatic heterocycles. The molecule has 1 aliphatic rings. The van der Waals surface area contributed by atoms with Crippen LogP contribution in [0.15, 0.2) is 24.3 Å². The third kappa shape index (κ3) is 2.54. The normalized spacial score (nSPS) is 23.8. The number of carboxylic acids is 1. The molecule has 0 saturated heterocycles. The molecular formula is C15H19NO4. The average molecular weight is 277 g/mol. The Morgan fingerprint density at radius 1 is 1.25 bits per heavy atom. The molecule has 108 valence electrons. The van der Waals surface area contributed by atoms with Crippen molar-refractivity contribution in [2.75, 3.05) is 7.11 Å². The molecule has 2 unspecified atom stereocenters. The van der Waals surface area contributed by atoms with Crippen LogP contribution in [0.25, 0.3) is 0 Å². The van der Waals surface area contributed by atoms with Crippen molar-refractivity contribution in [1.29, 1.82) is 0 Å². The second-order valence-electron chi connectivity index (χ2n) is 5.69. The number of methoxy groups -OCH3 is 1. The van der Waals surface area contributed by atoms with Crippen molar-refractivity contribution in [3.63, 3.8) is 0 Å². The molecule has 1 saturated carbocycles. The van der Waals surface area contributed by atoms with Crippen molar-refractivity contribution < 1.29 is 19.4 Å². The highest BCUT2D eigenvalue weighted by molar-refractivity contribution is 5.96. The number of aromatic carboxylic acids is 1. The number of benzene rings is 1. The molecule has 1 aromatic carbocycles. The van der Waals surface area contributed by atoms with Gasteiger partial charge in [-0.25, -0.2) is 4.79 Å². The lowest BCUT2D eigenvalue weighted by molar-refractivity contribution is -0.0942. The lowest BCUT2D eigenvalue weighted by atomic mass is 9.64. The van der Waals surface area contributed by atoms with E-state index in [1.165, 1.54) is 24.3 Å². The fourth-order valence-corrected chi connectivity index (χ4v) is 2.54. The molecule has 0 aromatic heterocycles. The fourth-order valence-electron chi connectivity index (χ4n) is 2.54. The smallest absolute Gasteiger partial charge is 0.335 e. The minimum absolute atomic E-state index is 0.0686. The third-order valence-corrected chi connectivity index (χ3v) is 4.16. The van der Waals surface area contributed by atoms with E-state index in [2.05, 4.69) is 19.2 Å². The molecule has 5 heteroatoms. The minimum atomic E-state index is -1.000. The largest absolute Gasteiger partial charge is 0.478 e. The van der Waals surface area contributed by atoms with Crippen LogP contribution in [0.3, 0.4) is 0 Å². The summed E-state index contributed by atoms with van der Waals surface area (Å²) in [4.78, 5) is 22.9. The van der Waals surface area contributed by atoms with Crippen molar-refractivity contribution in [2.24, 2.45) is 5.41 Å². The summed E-state index contributed by atoms with van der Waals surface area (Å²) in [6.45, 7) is 4.12. The maximum Gasteiger partial charge on any atom is 0.335 e.